The van der Waals surface area contributed by atoms with Crippen molar-refractivity contribution in [2.75, 3.05) is 19.7 Å². The zero-order chi connectivity index (χ0) is 15.9. The molecule has 3 nitrogen and oxygen atoms in total. The van der Waals surface area contributed by atoms with E-state index in [0.29, 0.717) is 12.6 Å². The van der Waals surface area contributed by atoms with Crippen LogP contribution in [0.25, 0.3) is 0 Å². The van der Waals surface area contributed by atoms with Crippen molar-refractivity contribution >= 4 is 24.8 Å². The van der Waals surface area contributed by atoms with Gasteiger partial charge in [0.05, 0.1) is 6.61 Å². The largest absolute Gasteiger partial charge is 0.493 e. The molecule has 25 heavy (non-hydrogen) atoms. The molecule has 2 aromatic carbocycles. The zero-order valence-corrected chi connectivity index (χ0v) is 16.1. The number of nitrogens with two attached hydrogens (primary N) is 1. The third kappa shape index (κ3) is 7.25. The van der Waals surface area contributed by atoms with Crippen LogP contribution in [0.2, 0.25) is 0 Å². The summed E-state index contributed by atoms with van der Waals surface area (Å²) in [5.41, 5.74) is 8.61. The molecule has 1 fully saturated rings. The average Bonchev–Trinajstić information content (AvgIpc) is 2.59. The minimum atomic E-state index is 0. The van der Waals surface area contributed by atoms with Gasteiger partial charge in [-0.2, -0.15) is 0 Å². The Morgan fingerprint density at radius 2 is 1.52 bits per heavy atom. The van der Waals surface area contributed by atoms with Crippen molar-refractivity contribution in [2.24, 2.45) is 5.73 Å². The molecule has 0 unspecified atom stereocenters. The van der Waals surface area contributed by atoms with Gasteiger partial charge in [-0.05, 0) is 49.2 Å². The quantitative estimate of drug-likeness (QED) is 0.817. The van der Waals surface area contributed by atoms with Crippen molar-refractivity contribution < 1.29 is 4.74 Å². The second-order valence-electron chi connectivity index (χ2n) is 6.34. The molecular weight excluding hydrogens is 355 g/mol. The van der Waals surface area contributed by atoms with Crippen molar-refractivity contribution in [3.63, 3.8) is 0 Å². The predicted octanol–water partition coefficient (Wildman–Crippen LogP) is 4.07. The van der Waals surface area contributed by atoms with E-state index in [1.54, 1.807) is 0 Å². The monoisotopic (exact) mass is 382 g/mol. The fraction of sp³-hybridized carbons (Fsp3) is 0.400. The molecule has 3 rings (SSSR count). The second-order valence-corrected chi connectivity index (χ2v) is 6.34. The van der Waals surface area contributed by atoms with Crippen molar-refractivity contribution in [1.82, 2.24) is 4.90 Å². The third-order valence-electron chi connectivity index (χ3n) is 4.46. The molecule has 138 valence electrons. The molecule has 5 heteroatoms. The molecular formula is C20H28Cl2N2O. The summed E-state index contributed by atoms with van der Waals surface area (Å²) in [6.07, 6.45) is 3.16. The molecule has 0 aromatic heterocycles. The molecule has 0 bridgehead atoms. The number of rotatable bonds is 6. The number of ether oxygens (including phenoxy) is 1. The Hall–Kier alpha value is -1.26. The standard InChI is InChI=1S/C20H26N2O.2ClH/c21-19-10-13-22(14-11-19)16-18-6-8-20(9-7-18)23-15-12-17-4-2-1-3-5-17;;/h1-9,19H,10-16,21H2;2*1H. The number of benzene rings is 2. The van der Waals surface area contributed by atoms with Crippen LogP contribution in [0.3, 0.4) is 0 Å². The maximum atomic E-state index is 5.96. The number of hydrogen-bond donors (Lipinski definition) is 1. The van der Waals surface area contributed by atoms with E-state index in [-0.39, 0.29) is 24.8 Å². The lowest BCUT2D eigenvalue weighted by atomic mass is 10.1. The van der Waals surface area contributed by atoms with Gasteiger partial charge in [-0.1, -0.05) is 42.5 Å². The lowest BCUT2D eigenvalue weighted by Crippen LogP contribution is -2.39. The average molecular weight is 383 g/mol. The van der Waals surface area contributed by atoms with Gasteiger partial charge in [0.1, 0.15) is 5.75 Å². The highest BCUT2D eigenvalue weighted by atomic mass is 35.5. The van der Waals surface area contributed by atoms with E-state index in [1.165, 1.54) is 11.1 Å². The van der Waals surface area contributed by atoms with Gasteiger partial charge < -0.3 is 10.5 Å². The summed E-state index contributed by atoms with van der Waals surface area (Å²) in [6, 6.07) is 19.3. The van der Waals surface area contributed by atoms with Gasteiger partial charge in [-0.15, -0.1) is 24.8 Å². The number of halogens is 2. The Bertz CT molecular complexity index is 584. The Balaban J connectivity index is 0.00000156. The van der Waals surface area contributed by atoms with Crippen molar-refractivity contribution in [1.29, 1.82) is 0 Å². The predicted molar refractivity (Wildman–Crippen MR) is 109 cm³/mol. The van der Waals surface area contributed by atoms with Crippen LogP contribution in [0.5, 0.6) is 5.75 Å². The van der Waals surface area contributed by atoms with Gasteiger partial charge in [0.25, 0.3) is 0 Å². The van der Waals surface area contributed by atoms with Crippen LogP contribution in [-0.4, -0.2) is 30.6 Å². The molecule has 0 spiro atoms. The molecule has 2 aromatic rings. The number of hydrogen-bond acceptors (Lipinski definition) is 3. The van der Waals surface area contributed by atoms with Gasteiger partial charge in [0, 0.05) is 19.0 Å². The summed E-state index contributed by atoms with van der Waals surface area (Å²) in [7, 11) is 0. The van der Waals surface area contributed by atoms with Crippen molar-refractivity contribution in [3.05, 3.63) is 65.7 Å². The van der Waals surface area contributed by atoms with Gasteiger partial charge in [0.15, 0.2) is 0 Å². The third-order valence-corrected chi connectivity index (χ3v) is 4.46. The molecule has 1 aliphatic heterocycles. The Morgan fingerprint density at radius 1 is 0.880 bits per heavy atom. The number of nitrogens with zero attached hydrogens (tertiary/aromatic N) is 1. The first-order valence-corrected chi connectivity index (χ1v) is 8.53. The van der Waals surface area contributed by atoms with E-state index < -0.39 is 0 Å². The van der Waals surface area contributed by atoms with E-state index in [9.17, 15) is 0 Å². The summed E-state index contributed by atoms with van der Waals surface area (Å²) in [5, 5.41) is 0. The van der Waals surface area contributed by atoms with Crippen LogP contribution in [0.1, 0.15) is 24.0 Å². The van der Waals surface area contributed by atoms with E-state index >= 15 is 0 Å². The highest BCUT2D eigenvalue weighted by molar-refractivity contribution is 5.85. The number of piperidine rings is 1. The topological polar surface area (TPSA) is 38.5 Å². The minimum absolute atomic E-state index is 0. The summed E-state index contributed by atoms with van der Waals surface area (Å²) in [5.74, 6) is 0.949. The lowest BCUT2D eigenvalue weighted by Gasteiger charge is -2.30. The molecule has 1 heterocycles. The Kier molecular flexibility index (Phi) is 9.91. The molecule has 0 atom stereocenters. The highest BCUT2D eigenvalue weighted by Crippen LogP contribution is 2.16. The molecule has 0 amide bonds. The van der Waals surface area contributed by atoms with Crippen LogP contribution in [0.15, 0.2) is 54.6 Å². The van der Waals surface area contributed by atoms with Crippen LogP contribution in [-0.2, 0) is 13.0 Å². The second kappa shape index (κ2) is 11.4. The summed E-state index contributed by atoms with van der Waals surface area (Å²) in [4.78, 5) is 2.48. The molecule has 2 N–H and O–H groups in total. The highest BCUT2D eigenvalue weighted by Gasteiger charge is 2.15. The van der Waals surface area contributed by atoms with Crippen LogP contribution < -0.4 is 10.5 Å². The molecule has 0 saturated carbocycles. The maximum absolute atomic E-state index is 5.96. The van der Waals surface area contributed by atoms with Gasteiger partial charge in [0.2, 0.25) is 0 Å². The summed E-state index contributed by atoms with van der Waals surface area (Å²) < 4.78 is 5.84. The fourth-order valence-corrected chi connectivity index (χ4v) is 2.99. The van der Waals surface area contributed by atoms with Crippen LogP contribution in [0, 0.1) is 0 Å². The first-order valence-electron chi connectivity index (χ1n) is 8.53. The summed E-state index contributed by atoms with van der Waals surface area (Å²) in [6.45, 7) is 3.94. The number of likely N-dealkylation sites (tertiary alicyclic amines) is 1. The minimum Gasteiger partial charge on any atom is -0.493 e. The maximum Gasteiger partial charge on any atom is 0.119 e. The zero-order valence-electron chi connectivity index (χ0n) is 14.5. The Morgan fingerprint density at radius 3 is 2.16 bits per heavy atom. The van der Waals surface area contributed by atoms with Crippen molar-refractivity contribution in [3.8, 4) is 5.75 Å². The Labute approximate surface area is 163 Å². The van der Waals surface area contributed by atoms with Crippen LogP contribution in [0.4, 0.5) is 0 Å². The molecule has 0 aliphatic carbocycles. The van der Waals surface area contributed by atoms with Crippen molar-refractivity contribution in [2.45, 2.75) is 31.8 Å². The molecule has 1 aliphatic rings. The fourth-order valence-electron chi connectivity index (χ4n) is 2.99. The first-order chi connectivity index (χ1) is 11.3. The molecule has 1 saturated heterocycles. The first kappa shape index (κ1) is 21.8. The van der Waals surface area contributed by atoms with Gasteiger partial charge in [-0.25, -0.2) is 0 Å². The summed E-state index contributed by atoms with van der Waals surface area (Å²) >= 11 is 0. The normalized spacial score (nSPS) is 15.1. The smallest absolute Gasteiger partial charge is 0.119 e. The van der Waals surface area contributed by atoms with Crippen LogP contribution >= 0.6 is 24.8 Å². The molecule has 0 radical (unpaired) electrons. The van der Waals surface area contributed by atoms with E-state index in [0.717, 1.165) is 44.6 Å². The lowest BCUT2D eigenvalue weighted by molar-refractivity contribution is 0.205. The van der Waals surface area contributed by atoms with Gasteiger partial charge >= 0.3 is 0 Å². The van der Waals surface area contributed by atoms with E-state index in [4.69, 9.17) is 10.5 Å². The van der Waals surface area contributed by atoms with E-state index in [2.05, 4.69) is 53.4 Å². The van der Waals surface area contributed by atoms with Gasteiger partial charge in [-0.3, -0.25) is 4.90 Å². The SMILES string of the molecule is Cl.Cl.NC1CCN(Cc2ccc(OCCc3ccccc3)cc2)CC1. The van der Waals surface area contributed by atoms with E-state index in [1.807, 2.05) is 6.07 Å².